The topological polar surface area (TPSA) is 76.4 Å². The first-order chi connectivity index (χ1) is 7.31. The zero-order valence-corrected chi connectivity index (χ0v) is 8.87. The maximum Gasteiger partial charge on any atom is 0.250 e. The number of hydrogen-bond donors (Lipinski definition) is 3. The molecule has 1 unspecified atom stereocenters. The van der Waals surface area contributed by atoms with Crippen molar-refractivity contribution in [2.45, 2.75) is 25.0 Å². The summed E-state index contributed by atoms with van der Waals surface area (Å²) >= 11 is 0. The number of amides is 1. The van der Waals surface area contributed by atoms with Crippen molar-refractivity contribution in [3.8, 4) is 0 Å². The van der Waals surface area contributed by atoms with E-state index >= 15 is 0 Å². The second-order valence-corrected chi connectivity index (χ2v) is 4.25. The molecule has 0 radical (unpaired) electrons. The molecule has 15 heavy (non-hydrogen) atoms. The van der Waals surface area contributed by atoms with E-state index in [4.69, 9.17) is 10.5 Å². The van der Waals surface area contributed by atoms with Crippen molar-refractivity contribution in [3.05, 3.63) is 0 Å². The molecule has 0 bridgehead atoms. The predicted octanol–water partition coefficient (Wildman–Crippen LogP) is -1.17. The SMILES string of the molecule is NCC(NC(=O)[C@H]1CNCCO1)C1CC1. The quantitative estimate of drug-likeness (QED) is 0.550. The minimum atomic E-state index is -0.341. The highest BCUT2D eigenvalue weighted by molar-refractivity contribution is 5.81. The van der Waals surface area contributed by atoms with Crippen LogP contribution in [-0.2, 0) is 9.53 Å². The van der Waals surface area contributed by atoms with Gasteiger partial charge in [0.2, 0.25) is 0 Å². The molecular weight excluding hydrogens is 194 g/mol. The monoisotopic (exact) mass is 213 g/mol. The number of morpholine rings is 1. The fraction of sp³-hybridized carbons (Fsp3) is 0.900. The molecule has 0 aromatic rings. The average molecular weight is 213 g/mol. The molecule has 5 nitrogen and oxygen atoms in total. The first-order valence-electron chi connectivity index (χ1n) is 5.64. The molecule has 1 saturated carbocycles. The van der Waals surface area contributed by atoms with Crippen LogP contribution in [0.3, 0.4) is 0 Å². The highest BCUT2D eigenvalue weighted by atomic mass is 16.5. The first-order valence-corrected chi connectivity index (χ1v) is 5.64. The molecule has 5 heteroatoms. The van der Waals surface area contributed by atoms with E-state index in [1.807, 2.05) is 0 Å². The Morgan fingerprint density at radius 3 is 2.93 bits per heavy atom. The van der Waals surface area contributed by atoms with Gasteiger partial charge in [0.25, 0.3) is 5.91 Å². The van der Waals surface area contributed by atoms with Crippen molar-refractivity contribution in [3.63, 3.8) is 0 Å². The van der Waals surface area contributed by atoms with Crippen LogP contribution in [0.5, 0.6) is 0 Å². The van der Waals surface area contributed by atoms with E-state index in [1.54, 1.807) is 0 Å². The lowest BCUT2D eigenvalue weighted by molar-refractivity contribution is -0.135. The van der Waals surface area contributed by atoms with Gasteiger partial charge >= 0.3 is 0 Å². The van der Waals surface area contributed by atoms with Crippen LogP contribution in [0.15, 0.2) is 0 Å². The molecule has 2 atom stereocenters. The standard InChI is InChI=1S/C10H19N3O2/c11-5-8(7-1-2-7)13-10(14)9-6-12-3-4-15-9/h7-9,12H,1-6,11H2,(H,13,14)/t8?,9-/m1/s1. The van der Waals surface area contributed by atoms with Crippen LogP contribution in [0.4, 0.5) is 0 Å². The Bertz CT molecular complexity index is 225. The number of ether oxygens (including phenoxy) is 1. The lowest BCUT2D eigenvalue weighted by atomic mass is 10.1. The van der Waals surface area contributed by atoms with Gasteiger partial charge in [-0.15, -0.1) is 0 Å². The number of carbonyl (C=O) groups excluding carboxylic acids is 1. The van der Waals surface area contributed by atoms with Gasteiger partial charge in [0, 0.05) is 25.7 Å². The predicted molar refractivity (Wildman–Crippen MR) is 56.3 cm³/mol. The third kappa shape index (κ3) is 2.90. The van der Waals surface area contributed by atoms with Gasteiger partial charge in [-0.3, -0.25) is 4.79 Å². The van der Waals surface area contributed by atoms with Gasteiger partial charge in [-0.1, -0.05) is 0 Å². The molecule has 86 valence electrons. The number of rotatable bonds is 4. The van der Waals surface area contributed by atoms with Crippen LogP contribution in [0.2, 0.25) is 0 Å². The minimum absolute atomic E-state index is 0.0236. The highest BCUT2D eigenvalue weighted by Gasteiger charge is 2.33. The summed E-state index contributed by atoms with van der Waals surface area (Å²) in [5, 5.41) is 6.10. The van der Waals surface area contributed by atoms with Gasteiger partial charge < -0.3 is 21.1 Å². The van der Waals surface area contributed by atoms with Crippen LogP contribution in [0, 0.1) is 5.92 Å². The molecule has 0 spiro atoms. The molecule has 1 amide bonds. The second kappa shape index (κ2) is 4.92. The molecular formula is C10H19N3O2. The molecule has 1 heterocycles. The summed E-state index contributed by atoms with van der Waals surface area (Å²) in [6, 6.07) is 0.142. The molecule has 2 rings (SSSR count). The van der Waals surface area contributed by atoms with E-state index in [9.17, 15) is 4.79 Å². The molecule has 1 aliphatic heterocycles. The molecule has 0 aromatic carbocycles. The summed E-state index contributed by atoms with van der Waals surface area (Å²) < 4.78 is 5.37. The lowest BCUT2D eigenvalue weighted by Gasteiger charge is -2.25. The Labute approximate surface area is 89.7 Å². The van der Waals surface area contributed by atoms with E-state index in [0.29, 0.717) is 25.6 Å². The van der Waals surface area contributed by atoms with Crippen LogP contribution in [-0.4, -0.2) is 44.3 Å². The Kier molecular flexibility index (Phi) is 3.56. The normalized spacial score (nSPS) is 28.5. The summed E-state index contributed by atoms with van der Waals surface area (Å²) in [6.07, 6.45) is 2.03. The van der Waals surface area contributed by atoms with Crippen molar-refractivity contribution >= 4 is 5.91 Å². The Balaban J connectivity index is 1.78. The first kappa shape index (κ1) is 10.9. The lowest BCUT2D eigenvalue weighted by Crippen LogP contribution is -2.52. The van der Waals surface area contributed by atoms with Crippen LogP contribution in [0.1, 0.15) is 12.8 Å². The Morgan fingerprint density at radius 1 is 1.60 bits per heavy atom. The van der Waals surface area contributed by atoms with E-state index in [2.05, 4.69) is 10.6 Å². The summed E-state index contributed by atoms with van der Waals surface area (Å²) in [7, 11) is 0. The van der Waals surface area contributed by atoms with E-state index < -0.39 is 0 Å². The molecule has 1 aliphatic carbocycles. The zero-order valence-electron chi connectivity index (χ0n) is 8.87. The van der Waals surface area contributed by atoms with Crippen molar-refractivity contribution in [1.29, 1.82) is 0 Å². The fourth-order valence-corrected chi connectivity index (χ4v) is 1.88. The minimum Gasteiger partial charge on any atom is -0.366 e. The van der Waals surface area contributed by atoms with Crippen LogP contribution in [0.25, 0.3) is 0 Å². The second-order valence-electron chi connectivity index (χ2n) is 4.25. The van der Waals surface area contributed by atoms with E-state index in [1.165, 1.54) is 12.8 Å². The number of nitrogens with two attached hydrogens (primary N) is 1. The number of nitrogens with one attached hydrogen (secondary N) is 2. The third-order valence-electron chi connectivity index (χ3n) is 2.99. The van der Waals surface area contributed by atoms with Crippen molar-refractivity contribution in [2.75, 3.05) is 26.2 Å². The molecule has 1 saturated heterocycles. The third-order valence-corrected chi connectivity index (χ3v) is 2.99. The van der Waals surface area contributed by atoms with Crippen LogP contribution >= 0.6 is 0 Å². The number of carbonyl (C=O) groups is 1. The summed E-state index contributed by atoms with van der Waals surface area (Å²) in [4.78, 5) is 11.8. The fourth-order valence-electron chi connectivity index (χ4n) is 1.88. The number of hydrogen-bond acceptors (Lipinski definition) is 4. The van der Waals surface area contributed by atoms with Gasteiger partial charge in [0.05, 0.1) is 6.61 Å². The molecule has 2 aliphatic rings. The van der Waals surface area contributed by atoms with Gasteiger partial charge in [0.15, 0.2) is 0 Å². The average Bonchev–Trinajstić information content (AvgIpc) is 3.10. The molecule has 0 aromatic heterocycles. The Hall–Kier alpha value is -0.650. The van der Waals surface area contributed by atoms with Gasteiger partial charge in [-0.25, -0.2) is 0 Å². The smallest absolute Gasteiger partial charge is 0.250 e. The van der Waals surface area contributed by atoms with Crippen molar-refractivity contribution in [1.82, 2.24) is 10.6 Å². The van der Waals surface area contributed by atoms with Gasteiger partial charge in [0.1, 0.15) is 6.10 Å². The van der Waals surface area contributed by atoms with Crippen LogP contribution < -0.4 is 16.4 Å². The maximum absolute atomic E-state index is 11.8. The zero-order chi connectivity index (χ0) is 10.7. The van der Waals surface area contributed by atoms with Crippen molar-refractivity contribution < 1.29 is 9.53 Å². The van der Waals surface area contributed by atoms with Crippen molar-refractivity contribution in [2.24, 2.45) is 11.7 Å². The summed E-state index contributed by atoms with van der Waals surface area (Å²) in [5.41, 5.74) is 5.62. The van der Waals surface area contributed by atoms with E-state index in [-0.39, 0.29) is 18.1 Å². The summed E-state index contributed by atoms with van der Waals surface area (Å²) in [5.74, 6) is 0.569. The van der Waals surface area contributed by atoms with Gasteiger partial charge in [-0.2, -0.15) is 0 Å². The molecule has 4 N–H and O–H groups in total. The van der Waals surface area contributed by atoms with Gasteiger partial charge in [-0.05, 0) is 18.8 Å². The largest absolute Gasteiger partial charge is 0.366 e. The Morgan fingerprint density at radius 2 is 2.40 bits per heavy atom. The highest BCUT2D eigenvalue weighted by Crippen LogP contribution is 2.32. The molecule has 2 fully saturated rings. The summed E-state index contributed by atoms with van der Waals surface area (Å²) in [6.45, 7) is 2.56. The van der Waals surface area contributed by atoms with E-state index in [0.717, 1.165) is 6.54 Å². The maximum atomic E-state index is 11.8.